The van der Waals surface area contributed by atoms with Crippen molar-refractivity contribution in [1.29, 1.82) is 0 Å². The van der Waals surface area contributed by atoms with E-state index in [0.717, 1.165) is 18.6 Å². The zero-order chi connectivity index (χ0) is 14.5. The van der Waals surface area contributed by atoms with Crippen LogP contribution in [0.3, 0.4) is 0 Å². The summed E-state index contributed by atoms with van der Waals surface area (Å²) in [6, 6.07) is 2.14. The number of allylic oxidation sites excluding steroid dienone is 1. The van der Waals surface area contributed by atoms with Gasteiger partial charge in [0.1, 0.15) is 11.6 Å². The zero-order valence-corrected chi connectivity index (χ0v) is 10.7. The molecule has 1 saturated heterocycles. The average Bonchev–Trinajstić information content (AvgIpc) is 2.91. The molecule has 4 nitrogen and oxygen atoms in total. The van der Waals surface area contributed by atoms with Gasteiger partial charge >= 0.3 is 0 Å². The van der Waals surface area contributed by atoms with E-state index in [1.54, 1.807) is 0 Å². The molecule has 0 bridgehead atoms. The lowest BCUT2D eigenvalue weighted by Crippen LogP contribution is -2.04. The minimum atomic E-state index is -0.938. The second kappa shape index (κ2) is 6.38. The van der Waals surface area contributed by atoms with Crippen LogP contribution in [0.5, 0.6) is 0 Å². The van der Waals surface area contributed by atoms with E-state index in [2.05, 4.69) is 4.99 Å². The first-order chi connectivity index (χ1) is 9.61. The third-order valence-corrected chi connectivity index (χ3v) is 2.99. The minimum Gasteiger partial charge on any atom is -0.398 e. The number of aliphatic imine (C=N–C) groups is 1. The quantitative estimate of drug-likeness (QED) is 0.677. The third kappa shape index (κ3) is 3.27. The van der Waals surface area contributed by atoms with Crippen LogP contribution in [0.15, 0.2) is 23.2 Å². The predicted molar refractivity (Wildman–Crippen MR) is 71.6 cm³/mol. The van der Waals surface area contributed by atoms with Gasteiger partial charge in [-0.15, -0.1) is 0 Å². The summed E-state index contributed by atoms with van der Waals surface area (Å²) in [5.41, 5.74) is 5.46. The number of carbonyl (C=O) groups is 1. The van der Waals surface area contributed by atoms with Crippen LogP contribution in [-0.2, 0) is 4.74 Å². The number of benzene rings is 1. The van der Waals surface area contributed by atoms with Crippen molar-refractivity contribution in [2.24, 2.45) is 10.7 Å². The molecule has 1 aliphatic heterocycles. The Bertz CT molecular complexity index is 541. The Morgan fingerprint density at radius 2 is 2.10 bits per heavy atom. The molecule has 106 valence electrons. The molecule has 0 amide bonds. The highest BCUT2D eigenvalue weighted by atomic mass is 19.1. The summed E-state index contributed by atoms with van der Waals surface area (Å²) in [5.74, 6) is -1.88. The first-order valence-corrected chi connectivity index (χ1v) is 6.13. The Morgan fingerprint density at radius 3 is 2.65 bits per heavy atom. The van der Waals surface area contributed by atoms with E-state index < -0.39 is 17.2 Å². The molecule has 1 atom stereocenters. The number of halogens is 2. The van der Waals surface area contributed by atoms with Crippen molar-refractivity contribution < 1.29 is 18.3 Å². The second-order valence-corrected chi connectivity index (χ2v) is 4.41. The van der Waals surface area contributed by atoms with Gasteiger partial charge in [0.15, 0.2) is 6.29 Å². The van der Waals surface area contributed by atoms with Crippen molar-refractivity contribution in [3.05, 3.63) is 41.0 Å². The zero-order valence-electron chi connectivity index (χ0n) is 10.7. The largest absolute Gasteiger partial charge is 0.398 e. The monoisotopic (exact) mass is 280 g/mol. The Kier molecular flexibility index (Phi) is 4.57. The Labute approximate surface area is 114 Å². The summed E-state index contributed by atoms with van der Waals surface area (Å²) in [7, 11) is 0. The van der Waals surface area contributed by atoms with Gasteiger partial charge in [-0.1, -0.05) is 0 Å². The summed E-state index contributed by atoms with van der Waals surface area (Å²) >= 11 is 0. The third-order valence-electron chi connectivity index (χ3n) is 2.99. The van der Waals surface area contributed by atoms with Gasteiger partial charge in [-0.3, -0.25) is 9.79 Å². The Morgan fingerprint density at radius 1 is 1.40 bits per heavy atom. The highest BCUT2D eigenvalue weighted by molar-refractivity contribution is 5.84. The lowest BCUT2D eigenvalue weighted by atomic mass is 10.1. The van der Waals surface area contributed by atoms with E-state index in [4.69, 9.17) is 10.5 Å². The van der Waals surface area contributed by atoms with Gasteiger partial charge in [-0.2, -0.15) is 0 Å². The number of nitrogens with zero attached hydrogens (tertiary/aromatic N) is 1. The van der Waals surface area contributed by atoms with Crippen LogP contribution in [0.4, 0.5) is 8.78 Å². The summed E-state index contributed by atoms with van der Waals surface area (Å²) in [6.07, 6.45) is 3.95. The van der Waals surface area contributed by atoms with Gasteiger partial charge in [0, 0.05) is 24.1 Å². The number of rotatable bonds is 4. The number of aldehydes is 1. The fourth-order valence-electron chi connectivity index (χ4n) is 1.84. The van der Waals surface area contributed by atoms with Crippen molar-refractivity contribution in [1.82, 2.24) is 0 Å². The molecule has 2 rings (SSSR count). The number of nitrogens with two attached hydrogens (primary N) is 1. The molecule has 0 aliphatic carbocycles. The first-order valence-electron chi connectivity index (χ1n) is 6.13. The van der Waals surface area contributed by atoms with Crippen molar-refractivity contribution >= 4 is 18.2 Å². The lowest BCUT2D eigenvalue weighted by molar-refractivity contribution is 0.111. The van der Waals surface area contributed by atoms with E-state index in [0.29, 0.717) is 13.2 Å². The fourth-order valence-corrected chi connectivity index (χ4v) is 1.84. The molecule has 2 N–H and O–H groups in total. The van der Waals surface area contributed by atoms with Gasteiger partial charge in [-0.25, -0.2) is 8.78 Å². The van der Waals surface area contributed by atoms with E-state index >= 15 is 0 Å². The van der Waals surface area contributed by atoms with E-state index in [9.17, 15) is 13.6 Å². The number of carbonyl (C=O) groups excluding carboxylic acids is 1. The number of ether oxygens (including phenoxy) is 1. The van der Waals surface area contributed by atoms with Crippen LogP contribution in [0.25, 0.3) is 5.70 Å². The maximum Gasteiger partial charge on any atom is 0.155 e. The van der Waals surface area contributed by atoms with E-state index in [1.165, 1.54) is 12.3 Å². The molecular weight excluding hydrogens is 266 g/mol. The first kappa shape index (κ1) is 14.3. The molecule has 0 saturated carbocycles. The summed E-state index contributed by atoms with van der Waals surface area (Å²) in [6.45, 7) is 1.26. The standard InChI is InChI=1S/C14H14F2N2O2/c15-12-5-9(6-13(16)11(12)7-19)14(17)1-3-18-10-2-4-20-8-10/h1,3,5-7,10H,2,4,8,17H2/t10-/m1/s1. The molecule has 0 spiro atoms. The predicted octanol–water partition coefficient (Wildman–Crippen LogP) is 1.94. The van der Waals surface area contributed by atoms with Crippen molar-refractivity contribution in [2.45, 2.75) is 12.5 Å². The number of hydrogen-bond donors (Lipinski definition) is 1. The average molecular weight is 280 g/mol. The fraction of sp³-hybridized carbons (Fsp3) is 0.286. The molecule has 1 aromatic carbocycles. The van der Waals surface area contributed by atoms with Crippen LogP contribution < -0.4 is 5.73 Å². The summed E-state index contributed by atoms with van der Waals surface area (Å²) in [4.78, 5) is 14.7. The van der Waals surface area contributed by atoms with Gasteiger partial charge in [0.05, 0.1) is 18.2 Å². The van der Waals surface area contributed by atoms with Crippen LogP contribution in [0.2, 0.25) is 0 Å². The molecule has 1 fully saturated rings. The molecule has 1 aliphatic rings. The SMILES string of the molecule is NC(=CC=N[C@@H]1CCOC1)c1cc(F)c(C=O)c(F)c1. The Balaban J connectivity index is 2.15. The van der Waals surface area contributed by atoms with Gasteiger partial charge < -0.3 is 10.5 Å². The molecule has 1 aromatic rings. The summed E-state index contributed by atoms with van der Waals surface area (Å²) in [5, 5.41) is 0. The molecule has 0 aromatic heterocycles. The van der Waals surface area contributed by atoms with Crippen molar-refractivity contribution in [2.75, 3.05) is 13.2 Å². The van der Waals surface area contributed by atoms with Crippen LogP contribution in [0.1, 0.15) is 22.3 Å². The molecule has 1 heterocycles. The van der Waals surface area contributed by atoms with Gasteiger partial charge in [-0.05, 0) is 24.6 Å². The highest BCUT2D eigenvalue weighted by Gasteiger charge is 2.13. The van der Waals surface area contributed by atoms with Gasteiger partial charge in [0.2, 0.25) is 0 Å². The molecule has 6 heteroatoms. The minimum absolute atomic E-state index is 0.102. The topological polar surface area (TPSA) is 64.7 Å². The second-order valence-electron chi connectivity index (χ2n) is 4.41. The lowest BCUT2D eigenvalue weighted by Gasteiger charge is -2.04. The van der Waals surface area contributed by atoms with Crippen molar-refractivity contribution in [3.8, 4) is 0 Å². The summed E-state index contributed by atoms with van der Waals surface area (Å²) < 4.78 is 32.0. The molecular formula is C14H14F2N2O2. The molecule has 0 unspecified atom stereocenters. The van der Waals surface area contributed by atoms with E-state index in [1.807, 2.05) is 0 Å². The van der Waals surface area contributed by atoms with Crippen molar-refractivity contribution in [3.63, 3.8) is 0 Å². The van der Waals surface area contributed by atoms with Crippen LogP contribution >= 0.6 is 0 Å². The highest BCUT2D eigenvalue weighted by Crippen LogP contribution is 2.17. The van der Waals surface area contributed by atoms with Gasteiger partial charge in [0.25, 0.3) is 0 Å². The maximum atomic E-state index is 13.4. The normalized spacial score (nSPS) is 19.7. The van der Waals surface area contributed by atoms with E-state index in [-0.39, 0.29) is 23.6 Å². The number of hydrogen-bond acceptors (Lipinski definition) is 4. The maximum absolute atomic E-state index is 13.4. The molecule has 0 radical (unpaired) electrons. The smallest absolute Gasteiger partial charge is 0.155 e. The Hall–Kier alpha value is -2.08. The van der Waals surface area contributed by atoms with Crippen LogP contribution in [0, 0.1) is 11.6 Å². The molecule has 20 heavy (non-hydrogen) atoms. The van der Waals surface area contributed by atoms with Crippen LogP contribution in [-0.4, -0.2) is 31.8 Å².